The highest BCUT2D eigenvalue weighted by Crippen LogP contribution is 2.24. The van der Waals surface area contributed by atoms with Crippen molar-refractivity contribution in [3.05, 3.63) is 29.8 Å². The second-order valence-electron chi connectivity index (χ2n) is 5.88. The number of sulfone groups is 1. The molecule has 0 saturated carbocycles. The molecule has 116 valence electrons. The van der Waals surface area contributed by atoms with Crippen LogP contribution in [0.5, 0.6) is 0 Å². The van der Waals surface area contributed by atoms with Gasteiger partial charge < -0.3 is 10.1 Å². The van der Waals surface area contributed by atoms with Crippen molar-refractivity contribution in [1.82, 2.24) is 4.90 Å². The van der Waals surface area contributed by atoms with Crippen molar-refractivity contribution in [1.29, 1.82) is 0 Å². The summed E-state index contributed by atoms with van der Waals surface area (Å²) in [5.74, 6) is -0.877. The maximum absolute atomic E-state index is 12.3. The average molecular weight is 312 g/mol. The smallest absolute Gasteiger partial charge is 0.287 e. The molecule has 1 aromatic rings. The number of benzene rings is 1. The number of nitrogens with zero attached hydrogens (tertiary/aromatic N) is 2. The highest BCUT2D eigenvalue weighted by Gasteiger charge is 2.31. The predicted molar refractivity (Wildman–Crippen MR) is 80.2 cm³/mol. The van der Waals surface area contributed by atoms with Crippen molar-refractivity contribution in [2.24, 2.45) is 5.16 Å². The number of oxime groups is 1. The third-order valence-corrected chi connectivity index (χ3v) is 4.62. The van der Waals surface area contributed by atoms with E-state index in [-0.39, 0.29) is 10.3 Å². The Morgan fingerprint density at radius 1 is 1.14 bits per heavy atom. The zero-order valence-corrected chi connectivity index (χ0v) is 13.6. The first-order chi connectivity index (χ1) is 9.51. The molecule has 0 aromatic heterocycles. The van der Waals surface area contributed by atoms with Gasteiger partial charge in [-0.3, -0.25) is 4.79 Å². The van der Waals surface area contributed by atoms with E-state index in [4.69, 9.17) is 5.21 Å². The predicted octanol–water partition coefficient (Wildman–Crippen LogP) is 1.63. The number of carbonyl (C=O) groups is 1. The molecule has 0 fully saturated rings. The topological polar surface area (TPSA) is 87.0 Å². The van der Waals surface area contributed by atoms with Crippen LogP contribution in [0.2, 0.25) is 0 Å². The first-order valence-corrected chi connectivity index (χ1v) is 7.79. The summed E-state index contributed by atoms with van der Waals surface area (Å²) in [6.45, 7) is 6.02. The van der Waals surface area contributed by atoms with Crippen molar-refractivity contribution < 1.29 is 18.4 Å². The van der Waals surface area contributed by atoms with Gasteiger partial charge in [-0.15, -0.1) is 0 Å². The van der Waals surface area contributed by atoms with Gasteiger partial charge in [0.05, 0.1) is 4.90 Å². The third-order valence-electron chi connectivity index (χ3n) is 2.97. The molecule has 21 heavy (non-hydrogen) atoms. The molecule has 0 radical (unpaired) electrons. The van der Waals surface area contributed by atoms with E-state index in [9.17, 15) is 13.2 Å². The number of rotatable bonds is 1. The summed E-state index contributed by atoms with van der Waals surface area (Å²) in [5.41, 5.74) is 0.846. The van der Waals surface area contributed by atoms with E-state index in [1.807, 2.05) is 20.8 Å². The number of amides is 1. The summed E-state index contributed by atoms with van der Waals surface area (Å²) in [6, 6.07) is 6.18. The van der Waals surface area contributed by atoms with Gasteiger partial charge in [-0.05, 0) is 23.1 Å². The van der Waals surface area contributed by atoms with Crippen LogP contribution in [-0.2, 0) is 20.0 Å². The fourth-order valence-electron chi connectivity index (χ4n) is 1.65. The van der Waals surface area contributed by atoms with E-state index >= 15 is 0 Å². The van der Waals surface area contributed by atoms with E-state index < -0.39 is 20.8 Å². The van der Waals surface area contributed by atoms with Gasteiger partial charge >= 0.3 is 0 Å². The van der Waals surface area contributed by atoms with Gasteiger partial charge in [0.1, 0.15) is 0 Å². The van der Waals surface area contributed by atoms with Gasteiger partial charge in [0.15, 0.2) is 0 Å². The molecule has 1 N–H and O–H groups in total. The molecule has 1 rings (SSSR count). The minimum Gasteiger partial charge on any atom is -0.410 e. The van der Waals surface area contributed by atoms with Gasteiger partial charge in [0.2, 0.25) is 9.84 Å². The highest BCUT2D eigenvalue weighted by atomic mass is 32.2. The Morgan fingerprint density at radius 3 is 1.95 bits per heavy atom. The van der Waals surface area contributed by atoms with Gasteiger partial charge in [-0.2, -0.15) is 0 Å². The molecular formula is C14H20N2O4S. The lowest BCUT2D eigenvalue weighted by Gasteiger charge is -2.19. The van der Waals surface area contributed by atoms with Crippen LogP contribution in [0.4, 0.5) is 0 Å². The molecule has 0 aliphatic rings. The van der Waals surface area contributed by atoms with Gasteiger partial charge in [-0.25, -0.2) is 8.42 Å². The van der Waals surface area contributed by atoms with Crippen LogP contribution in [-0.4, -0.2) is 43.6 Å². The molecule has 0 aliphatic carbocycles. The molecule has 0 bridgehead atoms. The van der Waals surface area contributed by atoms with Crippen molar-refractivity contribution in [2.45, 2.75) is 31.1 Å². The van der Waals surface area contributed by atoms with Crippen molar-refractivity contribution in [3.63, 3.8) is 0 Å². The first-order valence-electron chi connectivity index (χ1n) is 6.31. The number of carbonyl (C=O) groups excluding carboxylic acids is 1. The zero-order valence-electron chi connectivity index (χ0n) is 12.8. The maximum Gasteiger partial charge on any atom is 0.287 e. The van der Waals surface area contributed by atoms with Crippen LogP contribution in [0.3, 0.4) is 0 Å². The van der Waals surface area contributed by atoms with Crippen molar-refractivity contribution in [2.75, 3.05) is 14.1 Å². The van der Waals surface area contributed by atoms with Crippen LogP contribution >= 0.6 is 0 Å². The fraction of sp³-hybridized carbons (Fsp3) is 0.429. The lowest BCUT2D eigenvalue weighted by atomic mass is 9.87. The molecular weight excluding hydrogens is 292 g/mol. The fourth-order valence-corrected chi connectivity index (χ4v) is 2.89. The van der Waals surface area contributed by atoms with Crippen LogP contribution in [0.15, 0.2) is 34.3 Å². The summed E-state index contributed by atoms with van der Waals surface area (Å²) >= 11 is 0. The van der Waals surface area contributed by atoms with Gasteiger partial charge in [0, 0.05) is 14.1 Å². The van der Waals surface area contributed by atoms with Gasteiger partial charge in [-0.1, -0.05) is 38.1 Å². The van der Waals surface area contributed by atoms with Crippen molar-refractivity contribution >= 4 is 20.8 Å². The summed E-state index contributed by atoms with van der Waals surface area (Å²) in [5, 5.41) is 10.7. The van der Waals surface area contributed by atoms with E-state index in [0.29, 0.717) is 0 Å². The minimum atomic E-state index is -4.15. The monoisotopic (exact) mass is 312 g/mol. The lowest BCUT2D eigenvalue weighted by Crippen LogP contribution is -2.35. The second kappa shape index (κ2) is 5.85. The Balaban J connectivity index is 3.29. The Labute approximate surface area is 125 Å². The lowest BCUT2D eigenvalue weighted by molar-refractivity contribution is -0.121. The highest BCUT2D eigenvalue weighted by molar-refractivity contribution is 8.08. The van der Waals surface area contributed by atoms with Crippen LogP contribution in [0.1, 0.15) is 26.3 Å². The molecule has 0 heterocycles. The Bertz CT molecular complexity index is 653. The van der Waals surface area contributed by atoms with Crippen LogP contribution in [0.25, 0.3) is 0 Å². The largest absolute Gasteiger partial charge is 0.410 e. The molecule has 1 amide bonds. The summed E-state index contributed by atoms with van der Waals surface area (Å²) in [6.07, 6.45) is 0. The molecule has 0 unspecified atom stereocenters. The quantitative estimate of drug-likeness (QED) is 0.369. The average Bonchev–Trinajstić information content (AvgIpc) is 2.38. The maximum atomic E-state index is 12.3. The van der Waals surface area contributed by atoms with E-state index in [2.05, 4.69) is 5.16 Å². The third kappa shape index (κ3) is 3.60. The second-order valence-corrected chi connectivity index (χ2v) is 7.75. The Morgan fingerprint density at radius 2 is 1.62 bits per heavy atom. The molecule has 1 aromatic carbocycles. The number of hydrogen-bond acceptors (Lipinski definition) is 5. The molecule has 6 nitrogen and oxygen atoms in total. The van der Waals surface area contributed by atoms with Crippen LogP contribution < -0.4 is 0 Å². The van der Waals surface area contributed by atoms with Crippen molar-refractivity contribution in [3.8, 4) is 0 Å². The van der Waals surface area contributed by atoms with Crippen LogP contribution in [0, 0.1) is 0 Å². The number of hydrogen-bond donors (Lipinski definition) is 1. The zero-order chi connectivity index (χ0) is 16.4. The van der Waals surface area contributed by atoms with E-state index in [0.717, 1.165) is 10.5 Å². The normalized spacial score (nSPS) is 13.1. The molecule has 0 saturated heterocycles. The first kappa shape index (κ1) is 17.2. The SMILES string of the molecule is CN(C)C(=O)/C(=N\O)S(=O)(=O)c1ccc(C(C)(C)C)cc1. The van der Waals surface area contributed by atoms with E-state index in [1.165, 1.54) is 26.2 Å². The molecule has 0 spiro atoms. The molecule has 0 atom stereocenters. The molecule has 7 heteroatoms. The Kier molecular flexibility index (Phi) is 4.78. The summed E-state index contributed by atoms with van der Waals surface area (Å²) in [7, 11) is -1.39. The Hall–Kier alpha value is -1.89. The summed E-state index contributed by atoms with van der Waals surface area (Å²) < 4.78 is 24.7. The minimum absolute atomic E-state index is 0.0847. The van der Waals surface area contributed by atoms with E-state index in [1.54, 1.807) is 12.1 Å². The molecule has 0 aliphatic heterocycles. The standard InChI is InChI=1S/C14H20N2O4S/c1-14(2,3)10-6-8-11(9-7-10)21(19,20)12(15-18)13(17)16(4)5/h6-9,18H,1-5H3/b15-12+. The van der Waals surface area contributed by atoms with Gasteiger partial charge in [0.25, 0.3) is 11.0 Å². The summed E-state index contributed by atoms with van der Waals surface area (Å²) in [4.78, 5) is 12.7.